The largest absolute Gasteiger partial charge is 0.467 e. The van der Waals surface area contributed by atoms with Gasteiger partial charge in [0.1, 0.15) is 11.6 Å². The first-order chi connectivity index (χ1) is 10.7. The van der Waals surface area contributed by atoms with Crippen LogP contribution in [-0.2, 0) is 17.8 Å². The maximum atomic E-state index is 13.6. The van der Waals surface area contributed by atoms with E-state index in [1.807, 2.05) is 6.92 Å². The monoisotopic (exact) mass is 433 g/mol. The van der Waals surface area contributed by atoms with Gasteiger partial charge in [-0.25, -0.2) is 4.39 Å². The van der Waals surface area contributed by atoms with Crippen molar-refractivity contribution in [2.45, 2.75) is 20.0 Å². The second-order valence-electron chi connectivity index (χ2n) is 4.73. The molecule has 0 spiro atoms. The van der Waals surface area contributed by atoms with Crippen molar-refractivity contribution in [1.29, 1.82) is 0 Å². The van der Waals surface area contributed by atoms with Gasteiger partial charge in [-0.15, -0.1) is 30.4 Å². The van der Waals surface area contributed by atoms with Crippen LogP contribution < -0.4 is 15.4 Å². The average Bonchev–Trinajstić information content (AvgIpc) is 2.52. The lowest BCUT2D eigenvalue weighted by atomic mass is 10.1. The van der Waals surface area contributed by atoms with Crippen molar-refractivity contribution in [2.24, 2.45) is 4.99 Å². The molecular formula is C16H21FIN3O2. The van der Waals surface area contributed by atoms with Crippen LogP contribution in [0.25, 0.3) is 0 Å². The van der Waals surface area contributed by atoms with Gasteiger partial charge in [0, 0.05) is 18.7 Å². The van der Waals surface area contributed by atoms with E-state index in [1.54, 1.807) is 0 Å². The summed E-state index contributed by atoms with van der Waals surface area (Å²) in [6.07, 6.45) is 5.80. The number of guanidine groups is 1. The Labute approximate surface area is 153 Å². The molecule has 7 heteroatoms. The summed E-state index contributed by atoms with van der Waals surface area (Å²) in [5, 5.41) is 6.10. The van der Waals surface area contributed by atoms with Gasteiger partial charge in [-0.2, -0.15) is 0 Å². The van der Waals surface area contributed by atoms with Crippen LogP contribution in [0.4, 0.5) is 4.39 Å². The summed E-state index contributed by atoms with van der Waals surface area (Å²) >= 11 is 0. The van der Waals surface area contributed by atoms with E-state index < -0.39 is 0 Å². The molecule has 0 saturated carbocycles. The van der Waals surface area contributed by atoms with Gasteiger partial charge >= 0.3 is 0 Å². The Morgan fingerprint density at radius 3 is 3.00 bits per heavy atom. The van der Waals surface area contributed by atoms with Gasteiger partial charge in [-0.3, -0.25) is 4.99 Å². The van der Waals surface area contributed by atoms with E-state index in [2.05, 4.69) is 21.5 Å². The van der Waals surface area contributed by atoms with Gasteiger partial charge in [0.15, 0.2) is 12.8 Å². The predicted molar refractivity (Wildman–Crippen MR) is 98.6 cm³/mol. The van der Waals surface area contributed by atoms with E-state index in [1.165, 1.54) is 12.1 Å². The summed E-state index contributed by atoms with van der Waals surface area (Å²) in [6.45, 7) is 4.19. The predicted octanol–water partition coefficient (Wildman–Crippen LogP) is 2.04. The van der Waals surface area contributed by atoms with E-state index >= 15 is 0 Å². The Kier molecular flexibility index (Phi) is 8.73. The van der Waals surface area contributed by atoms with Crippen molar-refractivity contribution in [3.05, 3.63) is 29.1 Å². The van der Waals surface area contributed by atoms with Crippen molar-refractivity contribution >= 4 is 29.9 Å². The van der Waals surface area contributed by atoms with Crippen LogP contribution in [-0.4, -0.2) is 32.4 Å². The minimum Gasteiger partial charge on any atom is -0.467 e. The third-order valence-electron chi connectivity index (χ3n) is 3.10. The molecule has 1 heterocycles. The van der Waals surface area contributed by atoms with Crippen molar-refractivity contribution in [3.8, 4) is 18.1 Å². The van der Waals surface area contributed by atoms with Crippen molar-refractivity contribution in [1.82, 2.24) is 10.6 Å². The Bertz CT molecular complexity index is 587. The first-order valence-corrected chi connectivity index (χ1v) is 7.22. The molecule has 0 fully saturated rings. The summed E-state index contributed by atoms with van der Waals surface area (Å²) in [5.41, 5.74) is 1.54. The molecule has 1 aromatic carbocycles. The van der Waals surface area contributed by atoms with Gasteiger partial charge < -0.3 is 20.1 Å². The fourth-order valence-electron chi connectivity index (χ4n) is 2.21. The number of hydrogen-bond donors (Lipinski definition) is 2. The van der Waals surface area contributed by atoms with Crippen molar-refractivity contribution in [3.63, 3.8) is 0 Å². The molecule has 0 amide bonds. The van der Waals surface area contributed by atoms with Crippen LogP contribution in [0.3, 0.4) is 0 Å². The molecule has 2 rings (SSSR count). The second-order valence-corrected chi connectivity index (χ2v) is 4.73. The minimum atomic E-state index is -0.288. The topological polar surface area (TPSA) is 54.9 Å². The standard InChI is InChI=1S/C16H20FN3O2.HI/c1-3-6-19-16(18-4-2)20-7-5-12-8-14(17)9-13-10-21-11-22-15(12)13;/h1,8-9H,4-7,10-11H2,2H3,(H2,18,19,20);1H. The van der Waals surface area contributed by atoms with Crippen molar-refractivity contribution < 1.29 is 13.9 Å². The van der Waals surface area contributed by atoms with E-state index in [0.717, 1.165) is 17.7 Å². The minimum absolute atomic E-state index is 0. The van der Waals surface area contributed by atoms with Gasteiger partial charge in [0.05, 0.1) is 13.2 Å². The van der Waals surface area contributed by atoms with Crippen LogP contribution in [0, 0.1) is 18.2 Å². The lowest BCUT2D eigenvalue weighted by Crippen LogP contribution is -2.37. The number of aliphatic imine (C=N–C) groups is 1. The van der Waals surface area contributed by atoms with Gasteiger partial charge in [-0.1, -0.05) is 5.92 Å². The van der Waals surface area contributed by atoms with E-state index in [9.17, 15) is 4.39 Å². The van der Waals surface area contributed by atoms with Gasteiger partial charge in [0.2, 0.25) is 0 Å². The Hall–Kier alpha value is -1.53. The maximum absolute atomic E-state index is 13.6. The number of ether oxygens (including phenoxy) is 2. The molecule has 0 radical (unpaired) electrons. The molecule has 5 nitrogen and oxygen atoms in total. The zero-order valence-corrected chi connectivity index (χ0v) is 15.4. The molecule has 1 aromatic rings. The summed E-state index contributed by atoms with van der Waals surface area (Å²) in [6, 6.07) is 2.93. The molecule has 23 heavy (non-hydrogen) atoms. The smallest absolute Gasteiger partial charge is 0.192 e. The number of nitrogens with one attached hydrogen (secondary N) is 2. The maximum Gasteiger partial charge on any atom is 0.192 e. The molecule has 2 N–H and O–H groups in total. The van der Waals surface area contributed by atoms with Crippen molar-refractivity contribution in [2.75, 3.05) is 26.4 Å². The lowest BCUT2D eigenvalue weighted by molar-refractivity contribution is -0.0172. The third kappa shape index (κ3) is 5.88. The molecule has 0 saturated heterocycles. The molecule has 0 aliphatic carbocycles. The highest BCUT2D eigenvalue weighted by Gasteiger charge is 2.16. The molecule has 0 aromatic heterocycles. The summed E-state index contributed by atoms with van der Waals surface area (Å²) in [7, 11) is 0. The van der Waals surface area contributed by atoms with E-state index in [4.69, 9.17) is 15.9 Å². The zero-order chi connectivity index (χ0) is 15.8. The Morgan fingerprint density at radius 2 is 2.26 bits per heavy atom. The van der Waals surface area contributed by atoms with Gasteiger partial charge in [-0.05, 0) is 31.0 Å². The molecule has 0 atom stereocenters. The van der Waals surface area contributed by atoms with Crippen LogP contribution in [0.5, 0.6) is 5.75 Å². The zero-order valence-electron chi connectivity index (χ0n) is 13.0. The lowest BCUT2D eigenvalue weighted by Gasteiger charge is -2.20. The van der Waals surface area contributed by atoms with Crippen LogP contribution in [0.15, 0.2) is 17.1 Å². The first-order valence-electron chi connectivity index (χ1n) is 7.22. The van der Waals surface area contributed by atoms with Crippen LogP contribution in [0.2, 0.25) is 0 Å². The van der Waals surface area contributed by atoms with Gasteiger partial charge in [0.25, 0.3) is 0 Å². The average molecular weight is 433 g/mol. The molecule has 126 valence electrons. The number of rotatable bonds is 5. The molecule has 0 bridgehead atoms. The third-order valence-corrected chi connectivity index (χ3v) is 3.10. The Balaban J connectivity index is 0.00000264. The summed E-state index contributed by atoms with van der Waals surface area (Å²) in [4.78, 5) is 4.41. The number of terminal acetylenes is 1. The molecule has 1 aliphatic heterocycles. The quantitative estimate of drug-likeness (QED) is 0.323. The normalized spacial score (nSPS) is 13.2. The fraction of sp³-hybridized carbons (Fsp3) is 0.438. The number of halogens is 2. The number of nitrogens with zero attached hydrogens (tertiary/aromatic N) is 1. The molecule has 0 unspecified atom stereocenters. The summed E-state index contributed by atoms with van der Waals surface area (Å²) in [5.74, 6) is 3.57. The fourth-order valence-corrected chi connectivity index (χ4v) is 2.21. The SMILES string of the molecule is C#CCNC(=NCCc1cc(F)cc2c1OCOC2)NCC.I. The number of fused-ring (bicyclic) bond motifs is 1. The van der Waals surface area contributed by atoms with Crippen LogP contribution >= 0.6 is 24.0 Å². The summed E-state index contributed by atoms with van der Waals surface area (Å²) < 4.78 is 24.3. The van der Waals surface area contributed by atoms with Crippen LogP contribution in [0.1, 0.15) is 18.1 Å². The number of hydrogen-bond acceptors (Lipinski definition) is 3. The Morgan fingerprint density at radius 1 is 1.43 bits per heavy atom. The first kappa shape index (κ1) is 19.5. The highest BCUT2D eigenvalue weighted by atomic mass is 127. The van der Waals surface area contributed by atoms with E-state index in [-0.39, 0.29) is 36.6 Å². The van der Waals surface area contributed by atoms with E-state index in [0.29, 0.717) is 37.8 Å². The highest BCUT2D eigenvalue weighted by molar-refractivity contribution is 14.0. The molecular weight excluding hydrogens is 412 g/mol. The second kappa shape index (κ2) is 10.3. The number of benzene rings is 1. The molecule has 1 aliphatic rings. The highest BCUT2D eigenvalue weighted by Crippen LogP contribution is 2.29.